The first-order valence-electron chi connectivity index (χ1n) is 14.4. The van der Waals surface area contributed by atoms with Gasteiger partial charge in [-0.3, -0.25) is 9.59 Å². The molecule has 0 atom stereocenters. The quantitative estimate of drug-likeness (QED) is 0.191. The number of carbonyl (C=O) groups is 2. The number of rotatable bonds is 13. The van der Waals surface area contributed by atoms with Gasteiger partial charge < -0.3 is 25.4 Å². The Bertz CT molecular complexity index is 1030. The van der Waals surface area contributed by atoms with Crippen molar-refractivity contribution in [2.24, 2.45) is 0 Å². The summed E-state index contributed by atoms with van der Waals surface area (Å²) in [6.45, 7) is 2.39. The first kappa shape index (κ1) is 28.0. The zero-order valence-corrected chi connectivity index (χ0v) is 22.6. The Kier molecular flexibility index (Phi) is 10.9. The van der Waals surface area contributed by atoms with E-state index in [-0.39, 0.29) is 24.2 Å². The van der Waals surface area contributed by atoms with Crippen LogP contribution in [0.5, 0.6) is 11.5 Å². The number of unbranched alkanes of at least 4 members (excludes halogenated alkanes) is 2. The van der Waals surface area contributed by atoms with E-state index in [4.69, 9.17) is 4.74 Å². The molecule has 2 aliphatic rings. The molecule has 0 aromatic heterocycles. The van der Waals surface area contributed by atoms with Gasteiger partial charge in [0.25, 0.3) is 5.91 Å². The number of phenolic OH excluding ortho intramolecular Hbond substituents is 1. The van der Waals surface area contributed by atoms with Crippen LogP contribution in [0.15, 0.2) is 42.5 Å². The molecule has 0 radical (unpaired) electrons. The van der Waals surface area contributed by atoms with Crippen molar-refractivity contribution in [2.75, 3.05) is 31.6 Å². The Morgan fingerprint density at radius 3 is 2.55 bits per heavy atom. The summed E-state index contributed by atoms with van der Waals surface area (Å²) in [7, 11) is 0. The average Bonchev–Trinajstić information content (AvgIpc) is 3.22. The number of aromatic hydroxyl groups is 1. The van der Waals surface area contributed by atoms with Crippen molar-refractivity contribution in [1.29, 1.82) is 0 Å². The van der Waals surface area contributed by atoms with E-state index in [1.54, 1.807) is 6.07 Å². The maximum Gasteiger partial charge on any atom is 0.262 e. The van der Waals surface area contributed by atoms with Gasteiger partial charge in [-0.2, -0.15) is 0 Å². The van der Waals surface area contributed by atoms with E-state index >= 15 is 0 Å². The van der Waals surface area contributed by atoms with Crippen LogP contribution < -0.4 is 15.4 Å². The van der Waals surface area contributed by atoms with Gasteiger partial charge in [0.15, 0.2) is 12.4 Å². The third-order valence-corrected chi connectivity index (χ3v) is 7.71. The third kappa shape index (κ3) is 8.22. The van der Waals surface area contributed by atoms with Crippen molar-refractivity contribution in [3.63, 3.8) is 0 Å². The van der Waals surface area contributed by atoms with Crippen LogP contribution in [0.2, 0.25) is 0 Å². The predicted octanol–water partition coefficient (Wildman–Crippen LogP) is 5.21. The molecule has 1 saturated carbocycles. The van der Waals surface area contributed by atoms with E-state index in [1.807, 2.05) is 12.1 Å². The highest BCUT2D eigenvalue weighted by Gasteiger charge is 2.25. The molecule has 1 aliphatic carbocycles. The molecule has 2 aromatic carbocycles. The second kappa shape index (κ2) is 14.8. The Hall–Kier alpha value is -3.06. The second-order valence-electron chi connectivity index (χ2n) is 10.6. The summed E-state index contributed by atoms with van der Waals surface area (Å²) >= 11 is 0. The maximum atomic E-state index is 13.3. The average molecular weight is 522 g/mol. The maximum absolute atomic E-state index is 13.3. The summed E-state index contributed by atoms with van der Waals surface area (Å²) < 4.78 is 5.61. The first-order chi connectivity index (χ1) is 18.6. The molecule has 1 fully saturated rings. The Balaban J connectivity index is 1.23. The van der Waals surface area contributed by atoms with Crippen molar-refractivity contribution in [3.8, 4) is 11.5 Å². The summed E-state index contributed by atoms with van der Waals surface area (Å²) in [5.41, 5.74) is 2.69. The van der Waals surface area contributed by atoms with Crippen LogP contribution in [-0.2, 0) is 22.4 Å². The number of nitrogens with zero attached hydrogens (tertiary/aromatic N) is 1. The molecule has 2 amide bonds. The van der Waals surface area contributed by atoms with Crippen molar-refractivity contribution in [1.82, 2.24) is 10.2 Å². The number of nitrogens with one attached hydrogen (secondary N) is 2. The van der Waals surface area contributed by atoms with Crippen molar-refractivity contribution in [2.45, 2.75) is 83.1 Å². The summed E-state index contributed by atoms with van der Waals surface area (Å²) in [5, 5.41) is 16.2. The standard InChI is InChI=1S/C31H43N3O4/c35-27-17-16-25(31-30(27)33-28(36)23-38-31)13-7-4-10-22-34(26-14-8-1-2-9-15-26)29(37)19-21-32-20-18-24-11-5-3-6-12-24/h3,5-6,11-12,16-17,26,32,35H,1-2,4,7-10,13-15,18-23H2,(H,33,36). The summed E-state index contributed by atoms with van der Waals surface area (Å²) in [6.07, 6.45) is 12.5. The molecule has 0 unspecified atom stereocenters. The van der Waals surface area contributed by atoms with Gasteiger partial charge in [-0.15, -0.1) is 0 Å². The molecule has 0 bridgehead atoms. The van der Waals surface area contributed by atoms with Crippen LogP contribution in [0.25, 0.3) is 0 Å². The van der Waals surface area contributed by atoms with Crippen LogP contribution in [0.1, 0.15) is 75.3 Å². The normalized spacial score (nSPS) is 15.7. The van der Waals surface area contributed by atoms with Gasteiger partial charge in [0.1, 0.15) is 11.4 Å². The fourth-order valence-corrected chi connectivity index (χ4v) is 5.61. The smallest absolute Gasteiger partial charge is 0.262 e. The monoisotopic (exact) mass is 521 g/mol. The van der Waals surface area contributed by atoms with Gasteiger partial charge in [-0.1, -0.05) is 68.5 Å². The molecule has 1 heterocycles. The van der Waals surface area contributed by atoms with E-state index in [1.165, 1.54) is 31.2 Å². The van der Waals surface area contributed by atoms with E-state index in [0.29, 0.717) is 23.9 Å². The molecule has 2 aromatic rings. The largest absolute Gasteiger partial charge is 0.506 e. The van der Waals surface area contributed by atoms with Gasteiger partial charge >= 0.3 is 0 Å². The molecular formula is C31H43N3O4. The Morgan fingerprint density at radius 1 is 0.974 bits per heavy atom. The summed E-state index contributed by atoms with van der Waals surface area (Å²) in [6, 6.07) is 14.3. The molecule has 206 valence electrons. The molecular weight excluding hydrogens is 478 g/mol. The van der Waals surface area contributed by atoms with Crippen LogP contribution >= 0.6 is 0 Å². The van der Waals surface area contributed by atoms with Crippen LogP contribution in [0.4, 0.5) is 5.69 Å². The molecule has 7 heteroatoms. The number of phenols is 1. The molecule has 0 spiro atoms. The van der Waals surface area contributed by atoms with Gasteiger partial charge in [0.05, 0.1) is 0 Å². The Labute approximate surface area is 227 Å². The van der Waals surface area contributed by atoms with Gasteiger partial charge in [-0.25, -0.2) is 0 Å². The summed E-state index contributed by atoms with van der Waals surface area (Å²) in [4.78, 5) is 27.1. The lowest BCUT2D eigenvalue weighted by Crippen LogP contribution is -2.42. The molecule has 0 saturated heterocycles. The number of benzene rings is 2. The van der Waals surface area contributed by atoms with Crippen molar-refractivity contribution < 1.29 is 19.4 Å². The van der Waals surface area contributed by atoms with Gasteiger partial charge in [0.2, 0.25) is 5.91 Å². The van der Waals surface area contributed by atoms with Crippen LogP contribution in [0, 0.1) is 0 Å². The highest BCUT2D eigenvalue weighted by atomic mass is 16.5. The highest BCUT2D eigenvalue weighted by Crippen LogP contribution is 2.39. The molecule has 4 rings (SSSR count). The fraction of sp³-hybridized carbons (Fsp3) is 0.548. The predicted molar refractivity (Wildman–Crippen MR) is 151 cm³/mol. The van der Waals surface area contributed by atoms with Crippen LogP contribution in [0.3, 0.4) is 0 Å². The number of hydrogen-bond donors (Lipinski definition) is 3. The number of hydrogen-bond acceptors (Lipinski definition) is 5. The van der Waals surface area contributed by atoms with E-state index in [9.17, 15) is 14.7 Å². The lowest BCUT2D eigenvalue weighted by atomic mass is 10.0. The topological polar surface area (TPSA) is 90.9 Å². The van der Waals surface area contributed by atoms with Crippen LogP contribution in [-0.4, -0.2) is 54.1 Å². The van der Waals surface area contributed by atoms with E-state index in [0.717, 1.165) is 70.1 Å². The number of carbonyl (C=O) groups excluding carboxylic acids is 2. The lowest BCUT2D eigenvalue weighted by molar-refractivity contribution is -0.133. The SMILES string of the molecule is O=C1COc2c(CCCCCN(C(=O)CCNCCc3ccccc3)C3CCCCCC3)ccc(O)c2N1. The highest BCUT2D eigenvalue weighted by molar-refractivity contribution is 5.97. The van der Waals surface area contributed by atoms with Gasteiger partial charge in [0, 0.05) is 25.6 Å². The van der Waals surface area contributed by atoms with Crippen molar-refractivity contribution in [3.05, 3.63) is 53.6 Å². The molecule has 38 heavy (non-hydrogen) atoms. The Morgan fingerprint density at radius 2 is 1.76 bits per heavy atom. The minimum Gasteiger partial charge on any atom is -0.506 e. The van der Waals surface area contributed by atoms with Gasteiger partial charge in [-0.05, 0) is 62.3 Å². The minimum atomic E-state index is -0.250. The second-order valence-corrected chi connectivity index (χ2v) is 10.6. The number of ether oxygens (including phenoxy) is 1. The van der Waals surface area contributed by atoms with E-state index < -0.39 is 0 Å². The number of anilines is 1. The number of aryl methyl sites for hydroxylation is 1. The first-order valence-corrected chi connectivity index (χ1v) is 14.4. The molecule has 3 N–H and O–H groups in total. The van der Waals surface area contributed by atoms with Crippen molar-refractivity contribution >= 4 is 17.5 Å². The zero-order valence-electron chi connectivity index (χ0n) is 22.6. The lowest BCUT2D eigenvalue weighted by Gasteiger charge is -2.32. The number of amides is 2. The molecule has 1 aliphatic heterocycles. The summed E-state index contributed by atoms with van der Waals surface area (Å²) in [5.74, 6) is 0.643. The molecule has 7 nitrogen and oxygen atoms in total. The zero-order chi connectivity index (χ0) is 26.6. The fourth-order valence-electron chi connectivity index (χ4n) is 5.61. The third-order valence-electron chi connectivity index (χ3n) is 7.71. The van der Waals surface area contributed by atoms with E-state index in [2.05, 4.69) is 39.8 Å². The number of fused-ring (bicyclic) bond motifs is 1. The minimum absolute atomic E-state index is 0.0248.